The molecule has 0 amide bonds. The van der Waals surface area contributed by atoms with Gasteiger partial charge in [0.25, 0.3) is 0 Å². The van der Waals surface area contributed by atoms with Crippen LogP contribution in [0.3, 0.4) is 0 Å². The second-order valence-electron chi connectivity index (χ2n) is 6.06. The molecule has 0 spiro atoms. The molecule has 1 aliphatic rings. The largest absolute Gasteiger partial charge is 0.310 e. The van der Waals surface area contributed by atoms with Crippen LogP contribution < -0.4 is 5.32 Å². The highest BCUT2D eigenvalue weighted by Gasteiger charge is 2.40. The van der Waals surface area contributed by atoms with E-state index in [1.165, 1.54) is 35.6 Å². The first-order chi connectivity index (χ1) is 9.22. The molecule has 2 aromatic rings. The molecular formula is C18H23N. The zero-order valence-electron chi connectivity index (χ0n) is 11.9. The van der Waals surface area contributed by atoms with E-state index in [0.717, 1.165) is 6.54 Å². The fourth-order valence-corrected chi connectivity index (χ4v) is 2.80. The van der Waals surface area contributed by atoms with E-state index in [4.69, 9.17) is 0 Å². The minimum atomic E-state index is 0.439. The van der Waals surface area contributed by atoms with Crippen LogP contribution in [0.2, 0.25) is 0 Å². The third-order valence-corrected chi connectivity index (χ3v) is 4.76. The van der Waals surface area contributed by atoms with Gasteiger partial charge in [-0.25, -0.2) is 0 Å². The Kier molecular flexibility index (Phi) is 3.32. The third-order valence-electron chi connectivity index (χ3n) is 4.76. The molecule has 0 aliphatic heterocycles. The molecule has 0 radical (unpaired) electrons. The summed E-state index contributed by atoms with van der Waals surface area (Å²) >= 11 is 0. The Balaban J connectivity index is 1.72. The molecule has 1 N–H and O–H groups in total. The first-order valence-corrected chi connectivity index (χ1v) is 7.44. The van der Waals surface area contributed by atoms with Crippen molar-refractivity contribution >= 4 is 10.8 Å². The summed E-state index contributed by atoms with van der Waals surface area (Å²) in [5, 5.41) is 6.38. The Labute approximate surface area is 116 Å². The van der Waals surface area contributed by atoms with Gasteiger partial charge in [0, 0.05) is 12.6 Å². The second-order valence-corrected chi connectivity index (χ2v) is 6.06. The van der Waals surface area contributed by atoms with Crippen LogP contribution in [0.15, 0.2) is 42.5 Å². The molecular weight excluding hydrogens is 230 g/mol. The molecule has 1 fully saturated rings. The molecule has 100 valence electrons. The van der Waals surface area contributed by atoms with Crippen LogP contribution in [0.25, 0.3) is 10.8 Å². The first-order valence-electron chi connectivity index (χ1n) is 7.44. The van der Waals surface area contributed by atoms with Crippen molar-refractivity contribution < 1.29 is 0 Å². The number of benzene rings is 2. The van der Waals surface area contributed by atoms with E-state index in [0.29, 0.717) is 11.5 Å². The molecule has 1 aliphatic carbocycles. The molecule has 1 heteroatoms. The van der Waals surface area contributed by atoms with Crippen molar-refractivity contribution in [3.63, 3.8) is 0 Å². The predicted octanol–water partition coefficient (Wildman–Crippen LogP) is 4.68. The minimum Gasteiger partial charge on any atom is -0.310 e. The average Bonchev–Trinajstić information content (AvgIpc) is 3.25. The van der Waals surface area contributed by atoms with Crippen LogP contribution in [-0.2, 0) is 0 Å². The van der Waals surface area contributed by atoms with Gasteiger partial charge in [-0.1, -0.05) is 43.3 Å². The summed E-state index contributed by atoms with van der Waals surface area (Å²) in [4.78, 5) is 0. The second kappa shape index (κ2) is 4.97. The summed E-state index contributed by atoms with van der Waals surface area (Å²) in [5.74, 6) is 0. The topological polar surface area (TPSA) is 12.0 Å². The maximum atomic E-state index is 3.72. The number of rotatable bonds is 5. The summed E-state index contributed by atoms with van der Waals surface area (Å²) in [5.41, 5.74) is 2.01. The molecule has 1 nitrogen and oxygen atoms in total. The predicted molar refractivity (Wildman–Crippen MR) is 82.3 cm³/mol. The van der Waals surface area contributed by atoms with Crippen LogP contribution in [0, 0.1) is 5.41 Å². The van der Waals surface area contributed by atoms with Gasteiger partial charge in [-0.05, 0) is 54.0 Å². The zero-order chi connectivity index (χ0) is 13.3. The normalized spacial score (nSPS) is 18.4. The van der Waals surface area contributed by atoms with Gasteiger partial charge in [0.2, 0.25) is 0 Å². The van der Waals surface area contributed by atoms with E-state index in [2.05, 4.69) is 61.6 Å². The van der Waals surface area contributed by atoms with Gasteiger partial charge < -0.3 is 5.32 Å². The van der Waals surface area contributed by atoms with Gasteiger partial charge in [0.05, 0.1) is 0 Å². The summed E-state index contributed by atoms with van der Waals surface area (Å²) in [6, 6.07) is 15.8. The van der Waals surface area contributed by atoms with E-state index >= 15 is 0 Å². The van der Waals surface area contributed by atoms with Crippen molar-refractivity contribution in [3.8, 4) is 0 Å². The quantitative estimate of drug-likeness (QED) is 0.815. The molecule has 0 bridgehead atoms. The Bertz CT molecular complexity index is 569. The van der Waals surface area contributed by atoms with E-state index in [1.54, 1.807) is 0 Å². The van der Waals surface area contributed by atoms with Crippen molar-refractivity contribution in [2.75, 3.05) is 6.54 Å². The van der Waals surface area contributed by atoms with E-state index in [1.807, 2.05) is 0 Å². The Morgan fingerprint density at radius 3 is 2.53 bits per heavy atom. The van der Waals surface area contributed by atoms with Gasteiger partial charge in [-0.3, -0.25) is 0 Å². The van der Waals surface area contributed by atoms with Crippen LogP contribution in [-0.4, -0.2) is 6.54 Å². The number of nitrogens with one attached hydrogen (secondary N) is 1. The van der Waals surface area contributed by atoms with Crippen LogP contribution in [0.1, 0.15) is 44.7 Å². The molecule has 1 saturated carbocycles. The van der Waals surface area contributed by atoms with E-state index in [-0.39, 0.29) is 0 Å². The Morgan fingerprint density at radius 2 is 1.84 bits per heavy atom. The highest BCUT2D eigenvalue weighted by atomic mass is 14.9. The number of hydrogen-bond donors (Lipinski definition) is 1. The summed E-state index contributed by atoms with van der Waals surface area (Å²) < 4.78 is 0. The average molecular weight is 253 g/mol. The SMILES string of the molecule is CCC1(CNC(C)c2ccc3ccccc3c2)CC1. The molecule has 0 saturated heterocycles. The highest BCUT2D eigenvalue weighted by Crippen LogP contribution is 2.48. The van der Waals surface area contributed by atoms with Crippen molar-refractivity contribution in [1.82, 2.24) is 5.32 Å². The zero-order valence-corrected chi connectivity index (χ0v) is 11.9. The van der Waals surface area contributed by atoms with Gasteiger partial charge in [-0.15, -0.1) is 0 Å². The molecule has 2 aromatic carbocycles. The van der Waals surface area contributed by atoms with Crippen molar-refractivity contribution in [2.45, 2.75) is 39.2 Å². The van der Waals surface area contributed by atoms with E-state index < -0.39 is 0 Å². The summed E-state index contributed by atoms with van der Waals surface area (Å²) in [6.07, 6.45) is 4.12. The Hall–Kier alpha value is -1.34. The summed E-state index contributed by atoms with van der Waals surface area (Å²) in [6.45, 7) is 5.75. The lowest BCUT2D eigenvalue weighted by molar-refractivity contribution is 0.415. The molecule has 3 rings (SSSR count). The number of fused-ring (bicyclic) bond motifs is 1. The first kappa shape index (κ1) is 12.7. The molecule has 0 heterocycles. The molecule has 1 atom stereocenters. The van der Waals surface area contributed by atoms with Crippen LogP contribution >= 0.6 is 0 Å². The molecule has 1 unspecified atom stereocenters. The van der Waals surface area contributed by atoms with Crippen molar-refractivity contribution in [3.05, 3.63) is 48.0 Å². The lowest BCUT2D eigenvalue weighted by Crippen LogP contribution is -2.26. The van der Waals surface area contributed by atoms with Gasteiger partial charge >= 0.3 is 0 Å². The monoisotopic (exact) mass is 253 g/mol. The fourth-order valence-electron chi connectivity index (χ4n) is 2.80. The van der Waals surface area contributed by atoms with Gasteiger partial charge in [-0.2, -0.15) is 0 Å². The highest BCUT2D eigenvalue weighted by molar-refractivity contribution is 5.83. The lowest BCUT2D eigenvalue weighted by Gasteiger charge is -2.19. The lowest BCUT2D eigenvalue weighted by atomic mass is 10.0. The smallest absolute Gasteiger partial charge is 0.0292 e. The minimum absolute atomic E-state index is 0.439. The maximum absolute atomic E-state index is 3.72. The summed E-state index contributed by atoms with van der Waals surface area (Å²) in [7, 11) is 0. The van der Waals surface area contributed by atoms with Gasteiger partial charge in [0.15, 0.2) is 0 Å². The van der Waals surface area contributed by atoms with Crippen LogP contribution in [0.4, 0.5) is 0 Å². The maximum Gasteiger partial charge on any atom is 0.0292 e. The van der Waals surface area contributed by atoms with E-state index in [9.17, 15) is 0 Å². The molecule has 0 aromatic heterocycles. The third kappa shape index (κ3) is 2.66. The Morgan fingerprint density at radius 1 is 1.11 bits per heavy atom. The van der Waals surface area contributed by atoms with Crippen molar-refractivity contribution in [1.29, 1.82) is 0 Å². The molecule has 19 heavy (non-hydrogen) atoms. The van der Waals surface area contributed by atoms with Gasteiger partial charge in [0.1, 0.15) is 0 Å². The standard InChI is InChI=1S/C18H23N/c1-3-18(10-11-18)13-19-14(2)16-9-8-15-6-4-5-7-17(15)12-16/h4-9,12,14,19H,3,10-11,13H2,1-2H3. The number of hydrogen-bond acceptors (Lipinski definition) is 1. The van der Waals surface area contributed by atoms with Crippen molar-refractivity contribution in [2.24, 2.45) is 5.41 Å². The fraction of sp³-hybridized carbons (Fsp3) is 0.444. The van der Waals surface area contributed by atoms with Crippen LogP contribution in [0.5, 0.6) is 0 Å².